The van der Waals surface area contributed by atoms with Crippen LogP contribution in [0.3, 0.4) is 0 Å². The lowest BCUT2D eigenvalue weighted by molar-refractivity contribution is 0.282. The van der Waals surface area contributed by atoms with Crippen molar-refractivity contribution in [2.45, 2.75) is 13.2 Å². The van der Waals surface area contributed by atoms with Crippen LogP contribution in [0.4, 0.5) is 5.69 Å². The second-order valence-corrected chi connectivity index (χ2v) is 3.65. The van der Waals surface area contributed by atoms with Gasteiger partial charge in [0.25, 0.3) is 0 Å². The molecule has 0 amide bonds. The fourth-order valence-corrected chi connectivity index (χ4v) is 1.63. The Hall–Kier alpha value is -1.81. The number of hydrogen-bond donors (Lipinski definition) is 1. The number of aliphatic hydroxyl groups excluding tert-OH is 1. The quantitative estimate of drug-likeness (QED) is 0.850. The minimum atomic E-state index is 0.0214. The van der Waals surface area contributed by atoms with E-state index < -0.39 is 0 Å². The first-order chi connectivity index (χ1) is 7.81. The highest BCUT2D eigenvalue weighted by Gasteiger charge is 2.07. The molecule has 2 aromatic heterocycles. The van der Waals surface area contributed by atoms with Crippen molar-refractivity contribution in [1.82, 2.24) is 4.98 Å². The van der Waals surface area contributed by atoms with Crippen LogP contribution in [0.25, 0.3) is 0 Å². The molecule has 1 N–H and O–H groups in total. The van der Waals surface area contributed by atoms with Crippen molar-refractivity contribution in [3.8, 4) is 0 Å². The molecule has 2 aromatic rings. The Morgan fingerprint density at radius 3 is 3.00 bits per heavy atom. The van der Waals surface area contributed by atoms with E-state index in [1.807, 2.05) is 24.1 Å². The highest BCUT2D eigenvalue weighted by atomic mass is 16.3. The van der Waals surface area contributed by atoms with E-state index in [0.29, 0.717) is 0 Å². The molecule has 2 rings (SSSR count). The molecule has 0 aromatic carbocycles. The van der Waals surface area contributed by atoms with Gasteiger partial charge >= 0.3 is 0 Å². The summed E-state index contributed by atoms with van der Waals surface area (Å²) in [6.07, 6.45) is 6.80. The molecule has 0 spiro atoms. The van der Waals surface area contributed by atoms with Crippen LogP contribution in [0.2, 0.25) is 0 Å². The topological polar surface area (TPSA) is 49.5 Å². The van der Waals surface area contributed by atoms with Gasteiger partial charge in [0, 0.05) is 30.9 Å². The van der Waals surface area contributed by atoms with Crippen LogP contribution in [0.1, 0.15) is 11.1 Å². The monoisotopic (exact) mass is 218 g/mol. The number of furan rings is 1. The standard InChI is InChI=1S/C12H14N2O2/c1-14(7-10-3-5-16-9-10)12-6-13-4-2-11(12)8-15/h2-6,9,15H,7-8H2,1H3. The van der Waals surface area contributed by atoms with Crippen LogP contribution < -0.4 is 4.90 Å². The van der Waals surface area contributed by atoms with Gasteiger partial charge in [-0.1, -0.05) is 0 Å². The molecule has 2 heterocycles. The highest BCUT2D eigenvalue weighted by molar-refractivity contribution is 5.50. The zero-order valence-electron chi connectivity index (χ0n) is 9.13. The summed E-state index contributed by atoms with van der Waals surface area (Å²) in [6, 6.07) is 3.74. The molecular formula is C12H14N2O2. The SMILES string of the molecule is CN(Cc1ccoc1)c1cnccc1CO. The molecule has 84 valence electrons. The van der Waals surface area contributed by atoms with Crippen molar-refractivity contribution in [3.05, 3.63) is 48.2 Å². The third kappa shape index (κ3) is 2.23. The molecule has 0 aliphatic carbocycles. The van der Waals surface area contributed by atoms with E-state index in [1.54, 1.807) is 24.9 Å². The highest BCUT2D eigenvalue weighted by Crippen LogP contribution is 2.19. The van der Waals surface area contributed by atoms with Crippen molar-refractivity contribution in [2.24, 2.45) is 0 Å². The fraction of sp³-hybridized carbons (Fsp3) is 0.250. The van der Waals surface area contributed by atoms with Crippen molar-refractivity contribution in [3.63, 3.8) is 0 Å². The Morgan fingerprint density at radius 2 is 2.31 bits per heavy atom. The van der Waals surface area contributed by atoms with Gasteiger partial charge in [-0.2, -0.15) is 0 Å². The number of aliphatic hydroxyl groups is 1. The molecule has 0 unspecified atom stereocenters. The van der Waals surface area contributed by atoms with E-state index in [1.165, 1.54) is 0 Å². The summed E-state index contributed by atoms with van der Waals surface area (Å²) in [4.78, 5) is 6.10. The largest absolute Gasteiger partial charge is 0.472 e. The number of aromatic nitrogens is 1. The zero-order chi connectivity index (χ0) is 11.4. The maximum Gasteiger partial charge on any atom is 0.0952 e. The predicted octanol–water partition coefficient (Wildman–Crippen LogP) is 1.80. The van der Waals surface area contributed by atoms with Gasteiger partial charge < -0.3 is 14.4 Å². The molecular weight excluding hydrogens is 204 g/mol. The third-order valence-electron chi connectivity index (χ3n) is 2.47. The van der Waals surface area contributed by atoms with Crippen molar-refractivity contribution in [1.29, 1.82) is 0 Å². The summed E-state index contributed by atoms with van der Waals surface area (Å²) >= 11 is 0. The van der Waals surface area contributed by atoms with Gasteiger partial charge in [-0.25, -0.2) is 0 Å². The molecule has 0 fully saturated rings. The van der Waals surface area contributed by atoms with E-state index >= 15 is 0 Å². The third-order valence-corrected chi connectivity index (χ3v) is 2.47. The van der Waals surface area contributed by atoms with Gasteiger partial charge in [0.1, 0.15) is 0 Å². The van der Waals surface area contributed by atoms with Gasteiger partial charge in [-0.15, -0.1) is 0 Å². The molecule has 4 heteroatoms. The van der Waals surface area contributed by atoms with E-state index in [0.717, 1.165) is 23.4 Å². The van der Waals surface area contributed by atoms with Gasteiger partial charge in [0.2, 0.25) is 0 Å². The van der Waals surface area contributed by atoms with Crippen LogP contribution in [-0.2, 0) is 13.2 Å². The Labute approximate surface area is 94.2 Å². The second-order valence-electron chi connectivity index (χ2n) is 3.65. The van der Waals surface area contributed by atoms with Gasteiger partial charge in [0.05, 0.1) is 31.0 Å². The van der Waals surface area contributed by atoms with Crippen LogP contribution >= 0.6 is 0 Å². The molecule has 4 nitrogen and oxygen atoms in total. The molecule has 0 saturated heterocycles. The average Bonchev–Trinajstić information content (AvgIpc) is 2.81. The number of anilines is 1. The predicted molar refractivity (Wildman–Crippen MR) is 61.0 cm³/mol. The Bertz CT molecular complexity index is 440. The molecule has 0 bridgehead atoms. The maximum absolute atomic E-state index is 9.22. The zero-order valence-corrected chi connectivity index (χ0v) is 9.13. The maximum atomic E-state index is 9.22. The van der Waals surface area contributed by atoms with Crippen molar-refractivity contribution in [2.75, 3.05) is 11.9 Å². The molecule has 16 heavy (non-hydrogen) atoms. The molecule has 0 aliphatic rings. The van der Waals surface area contributed by atoms with Crippen LogP contribution in [0.15, 0.2) is 41.5 Å². The van der Waals surface area contributed by atoms with Gasteiger partial charge in [-0.3, -0.25) is 4.98 Å². The lowest BCUT2D eigenvalue weighted by atomic mass is 10.2. The van der Waals surface area contributed by atoms with Gasteiger partial charge in [-0.05, 0) is 12.1 Å². The first kappa shape index (κ1) is 10.7. The van der Waals surface area contributed by atoms with Crippen LogP contribution in [0.5, 0.6) is 0 Å². The first-order valence-electron chi connectivity index (χ1n) is 5.07. The number of nitrogens with zero attached hydrogens (tertiary/aromatic N) is 2. The van der Waals surface area contributed by atoms with Crippen molar-refractivity contribution < 1.29 is 9.52 Å². The first-order valence-corrected chi connectivity index (χ1v) is 5.07. The van der Waals surface area contributed by atoms with E-state index in [-0.39, 0.29) is 6.61 Å². The average molecular weight is 218 g/mol. The minimum Gasteiger partial charge on any atom is -0.472 e. The Balaban J connectivity index is 2.17. The van der Waals surface area contributed by atoms with E-state index in [2.05, 4.69) is 4.98 Å². The van der Waals surface area contributed by atoms with Crippen LogP contribution in [0, 0.1) is 0 Å². The normalized spacial score (nSPS) is 10.4. The fourth-order valence-electron chi connectivity index (χ4n) is 1.63. The molecule has 0 radical (unpaired) electrons. The van der Waals surface area contributed by atoms with E-state index in [9.17, 15) is 5.11 Å². The summed E-state index contributed by atoms with van der Waals surface area (Å²) in [5.41, 5.74) is 2.91. The summed E-state index contributed by atoms with van der Waals surface area (Å²) in [5, 5.41) is 9.22. The second kappa shape index (κ2) is 4.81. The lowest BCUT2D eigenvalue weighted by Gasteiger charge is -2.20. The summed E-state index contributed by atoms with van der Waals surface area (Å²) in [5.74, 6) is 0. The Kier molecular flexibility index (Phi) is 3.22. The molecule has 0 saturated carbocycles. The Morgan fingerprint density at radius 1 is 1.44 bits per heavy atom. The number of hydrogen-bond acceptors (Lipinski definition) is 4. The smallest absolute Gasteiger partial charge is 0.0952 e. The lowest BCUT2D eigenvalue weighted by Crippen LogP contribution is -2.17. The van der Waals surface area contributed by atoms with Gasteiger partial charge in [0.15, 0.2) is 0 Å². The summed E-state index contributed by atoms with van der Waals surface area (Å²) < 4.78 is 5.02. The number of pyridine rings is 1. The summed E-state index contributed by atoms with van der Waals surface area (Å²) in [6.45, 7) is 0.753. The minimum absolute atomic E-state index is 0.0214. The molecule has 0 atom stereocenters. The molecule has 0 aliphatic heterocycles. The van der Waals surface area contributed by atoms with E-state index in [4.69, 9.17) is 4.42 Å². The number of rotatable bonds is 4. The van der Waals surface area contributed by atoms with Crippen LogP contribution in [-0.4, -0.2) is 17.1 Å². The van der Waals surface area contributed by atoms with Crippen molar-refractivity contribution >= 4 is 5.69 Å². The summed E-state index contributed by atoms with van der Waals surface area (Å²) in [7, 11) is 1.96.